The number of rotatable bonds is 11. The number of fused-ring (bicyclic) bond motifs is 2. The van der Waals surface area contributed by atoms with Crippen molar-refractivity contribution in [3.8, 4) is 0 Å². The monoisotopic (exact) mass is 562 g/mol. The van der Waals surface area contributed by atoms with Gasteiger partial charge in [-0.2, -0.15) is 0 Å². The first-order valence-corrected chi connectivity index (χ1v) is 13.2. The number of carbonyl (C=O) groups excluding carboxylic acids is 2. The van der Waals surface area contributed by atoms with E-state index < -0.39 is 11.9 Å². The number of aryl methyl sites for hydroxylation is 4. The van der Waals surface area contributed by atoms with Gasteiger partial charge in [0, 0.05) is 27.3 Å². The summed E-state index contributed by atoms with van der Waals surface area (Å²) in [6.45, 7) is 4.40. The summed E-state index contributed by atoms with van der Waals surface area (Å²) in [6.07, 6.45) is 2.78. The number of nitrogens with zero attached hydrogens (tertiary/aromatic N) is 4. The van der Waals surface area contributed by atoms with Gasteiger partial charge < -0.3 is 18.9 Å². The first-order valence-electron chi connectivity index (χ1n) is 11.6. The van der Waals surface area contributed by atoms with Crippen LogP contribution in [0.25, 0.3) is 20.4 Å². The number of hydrogen-bond donors (Lipinski definition) is 0. The predicted octanol–water partition coefficient (Wildman–Crippen LogP) is 2.15. The Bertz CT molecular complexity index is 1500. The van der Waals surface area contributed by atoms with Crippen molar-refractivity contribution in [1.29, 1.82) is 0 Å². The quantitative estimate of drug-likeness (QED) is 0.197. The van der Waals surface area contributed by atoms with Crippen LogP contribution in [0.2, 0.25) is 0 Å². The number of carbonyl (C=O) groups is 2. The molecule has 0 aromatic carbocycles. The molecular weight excluding hydrogens is 536 g/mol. The lowest BCUT2D eigenvalue weighted by atomic mass is 10.2. The van der Waals surface area contributed by atoms with Crippen LogP contribution in [-0.4, -0.2) is 71.7 Å². The molecule has 0 spiro atoms. The smallest absolute Gasteiger partial charge is 0.348 e. The zero-order valence-corrected chi connectivity index (χ0v) is 22.9. The Hall–Kier alpha value is -3.46. The third kappa shape index (κ3) is 5.38. The van der Waals surface area contributed by atoms with Gasteiger partial charge in [-0.1, -0.05) is 0 Å². The number of esters is 2. The van der Waals surface area contributed by atoms with Crippen LogP contribution in [-0.2, 0) is 32.0 Å². The van der Waals surface area contributed by atoms with Crippen LogP contribution in [0.3, 0.4) is 0 Å². The minimum atomic E-state index is -0.535. The second kappa shape index (κ2) is 11.9. The molecule has 0 atom stereocenters. The summed E-state index contributed by atoms with van der Waals surface area (Å²) in [5.74, 6) is -1.07. The molecule has 4 heterocycles. The van der Waals surface area contributed by atoms with Crippen LogP contribution in [0, 0.1) is 13.8 Å². The van der Waals surface area contributed by atoms with E-state index in [1.54, 1.807) is 13.8 Å². The summed E-state index contributed by atoms with van der Waals surface area (Å²) in [4.78, 5) is 61.4. The van der Waals surface area contributed by atoms with Gasteiger partial charge in [-0.25, -0.2) is 19.6 Å². The van der Waals surface area contributed by atoms with E-state index in [4.69, 9.17) is 18.9 Å². The standard InChI is InChI=1S/C24H26N4O8S2/c1-13-15-19(37-17(13)23(31)35-9-7-33-3)25-11-27(21(15)29)5-6-28-12-26-20-16(22(28)30)14(2)18(38-20)24(32)36-10-8-34-4/h11-12H,5-10H2,1-4H3. The van der Waals surface area contributed by atoms with E-state index in [-0.39, 0.29) is 50.6 Å². The van der Waals surface area contributed by atoms with E-state index >= 15 is 0 Å². The number of aromatic nitrogens is 4. The molecule has 0 saturated heterocycles. The Morgan fingerprint density at radius 3 is 1.50 bits per heavy atom. The summed E-state index contributed by atoms with van der Waals surface area (Å²) in [6, 6.07) is 0. The summed E-state index contributed by atoms with van der Waals surface area (Å²) < 4.78 is 22.9. The fourth-order valence-corrected chi connectivity index (χ4v) is 5.87. The highest BCUT2D eigenvalue weighted by atomic mass is 32.1. The normalized spacial score (nSPS) is 11.4. The molecule has 0 radical (unpaired) electrons. The summed E-state index contributed by atoms with van der Waals surface area (Å²) in [7, 11) is 3.02. The minimum Gasteiger partial charge on any atom is -0.459 e. The molecule has 4 rings (SSSR count). The largest absolute Gasteiger partial charge is 0.459 e. The van der Waals surface area contributed by atoms with E-state index in [1.807, 2.05) is 0 Å². The van der Waals surface area contributed by atoms with Crippen molar-refractivity contribution < 1.29 is 28.5 Å². The highest BCUT2D eigenvalue weighted by Gasteiger charge is 2.22. The molecule has 0 N–H and O–H groups in total. The Labute approximate surface area is 224 Å². The second-order valence-corrected chi connectivity index (χ2v) is 10.2. The summed E-state index contributed by atoms with van der Waals surface area (Å²) >= 11 is 2.19. The van der Waals surface area contributed by atoms with Gasteiger partial charge in [0.1, 0.15) is 32.6 Å². The number of thiophene rings is 2. The number of ether oxygens (including phenoxy) is 4. The average molecular weight is 563 g/mol. The molecule has 0 saturated carbocycles. The SMILES string of the molecule is COCCOC(=O)c1sc2ncn(CCn3cnc4sc(C(=O)OCCOC)c(C)c4c3=O)c(=O)c2c1C. The third-order valence-corrected chi connectivity index (χ3v) is 8.19. The van der Waals surface area contributed by atoms with Crippen molar-refractivity contribution in [3.63, 3.8) is 0 Å². The predicted molar refractivity (Wildman–Crippen MR) is 142 cm³/mol. The van der Waals surface area contributed by atoms with Crippen LogP contribution in [0.15, 0.2) is 22.2 Å². The lowest BCUT2D eigenvalue weighted by Crippen LogP contribution is -2.27. The number of hydrogen-bond acceptors (Lipinski definition) is 12. The topological polar surface area (TPSA) is 141 Å². The minimum absolute atomic E-state index is 0.105. The van der Waals surface area contributed by atoms with E-state index in [0.717, 1.165) is 22.7 Å². The van der Waals surface area contributed by atoms with Crippen molar-refractivity contribution in [1.82, 2.24) is 19.1 Å². The van der Waals surface area contributed by atoms with Gasteiger partial charge in [-0.05, 0) is 25.0 Å². The molecule has 0 aliphatic carbocycles. The fourth-order valence-electron chi connectivity index (χ4n) is 3.81. The summed E-state index contributed by atoms with van der Waals surface area (Å²) in [5.41, 5.74) is 0.348. The Morgan fingerprint density at radius 1 is 0.737 bits per heavy atom. The lowest BCUT2D eigenvalue weighted by molar-refractivity contribution is 0.0385. The van der Waals surface area contributed by atoms with E-state index in [2.05, 4.69) is 9.97 Å². The van der Waals surface area contributed by atoms with Crippen molar-refractivity contribution in [2.24, 2.45) is 0 Å². The second-order valence-electron chi connectivity index (χ2n) is 8.22. The summed E-state index contributed by atoms with van der Waals surface area (Å²) in [5, 5.41) is 0.671. The highest BCUT2D eigenvalue weighted by molar-refractivity contribution is 7.21. The lowest BCUT2D eigenvalue weighted by Gasteiger charge is -2.08. The van der Waals surface area contributed by atoms with E-state index in [9.17, 15) is 19.2 Å². The first-order chi connectivity index (χ1) is 18.3. The van der Waals surface area contributed by atoms with Crippen molar-refractivity contribution in [2.45, 2.75) is 26.9 Å². The van der Waals surface area contributed by atoms with Gasteiger partial charge in [-0.3, -0.25) is 18.7 Å². The zero-order valence-electron chi connectivity index (χ0n) is 21.3. The molecule has 38 heavy (non-hydrogen) atoms. The molecule has 0 amide bonds. The van der Waals surface area contributed by atoms with Gasteiger partial charge in [-0.15, -0.1) is 22.7 Å². The highest BCUT2D eigenvalue weighted by Crippen LogP contribution is 2.28. The van der Waals surface area contributed by atoms with E-state index in [0.29, 0.717) is 41.3 Å². The van der Waals surface area contributed by atoms with Crippen molar-refractivity contribution in [3.05, 3.63) is 54.2 Å². The molecule has 14 heteroatoms. The molecule has 12 nitrogen and oxygen atoms in total. The molecule has 0 bridgehead atoms. The van der Waals surface area contributed by atoms with Crippen LogP contribution < -0.4 is 11.1 Å². The Kier molecular flexibility index (Phi) is 8.66. The molecular formula is C24H26N4O8S2. The van der Waals surface area contributed by atoms with Crippen LogP contribution in [0.5, 0.6) is 0 Å². The average Bonchev–Trinajstić information content (AvgIpc) is 3.42. The van der Waals surface area contributed by atoms with Gasteiger partial charge in [0.15, 0.2) is 0 Å². The molecule has 202 valence electrons. The van der Waals surface area contributed by atoms with Crippen LogP contribution in [0.4, 0.5) is 0 Å². The maximum atomic E-state index is 13.2. The third-order valence-electron chi connectivity index (χ3n) is 5.83. The maximum Gasteiger partial charge on any atom is 0.348 e. The Balaban J connectivity index is 1.57. The molecule has 0 aliphatic heterocycles. The number of methoxy groups -OCH3 is 2. The molecule has 4 aromatic rings. The maximum absolute atomic E-state index is 13.2. The van der Waals surface area contributed by atoms with Gasteiger partial charge >= 0.3 is 11.9 Å². The van der Waals surface area contributed by atoms with Crippen molar-refractivity contribution in [2.75, 3.05) is 40.6 Å². The fraction of sp³-hybridized carbons (Fsp3) is 0.417. The van der Waals surface area contributed by atoms with E-state index in [1.165, 1.54) is 36.0 Å². The molecule has 0 aliphatic rings. The van der Waals surface area contributed by atoms with Gasteiger partial charge in [0.05, 0.1) is 36.6 Å². The van der Waals surface area contributed by atoms with Crippen LogP contribution >= 0.6 is 22.7 Å². The van der Waals surface area contributed by atoms with Crippen molar-refractivity contribution >= 4 is 55.0 Å². The molecule has 0 fully saturated rings. The van der Waals surface area contributed by atoms with Crippen LogP contribution in [0.1, 0.15) is 30.5 Å². The Morgan fingerprint density at radius 2 is 1.13 bits per heavy atom. The zero-order chi connectivity index (χ0) is 27.4. The molecule has 0 unspecified atom stereocenters. The molecule has 4 aromatic heterocycles. The van der Waals surface area contributed by atoms with Gasteiger partial charge in [0.25, 0.3) is 11.1 Å². The van der Waals surface area contributed by atoms with Gasteiger partial charge in [0.2, 0.25) is 0 Å². The first kappa shape index (κ1) is 27.6.